The van der Waals surface area contributed by atoms with Crippen LogP contribution < -0.4 is 5.32 Å². The first-order chi connectivity index (χ1) is 10.9. The zero-order valence-corrected chi connectivity index (χ0v) is 15.1. The number of aliphatic hydroxyl groups is 1. The SMILES string of the molecule is CC(C)(C)OC(=O)N1CCCCC1CNC1(CO)CCCCC1. The molecule has 1 heterocycles. The highest BCUT2D eigenvalue weighted by Gasteiger charge is 2.35. The summed E-state index contributed by atoms with van der Waals surface area (Å²) in [7, 11) is 0. The number of ether oxygens (including phenoxy) is 1. The van der Waals surface area contributed by atoms with E-state index in [1.54, 1.807) is 0 Å². The van der Waals surface area contributed by atoms with E-state index in [4.69, 9.17) is 4.74 Å². The monoisotopic (exact) mass is 326 g/mol. The number of rotatable bonds is 4. The number of nitrogens with one attached hydrogen (secondary N) is 1. The maximum Gasteiger partial charge on any atom is 0.410 e. The van der Waals surface area contributed by atoms with Crippen molar-refractivity contribution in [1.82, 2.24) is 10.2 Å². The maximum absolute atomic E-state index is 12.5. The molecule has 2 rings (SSSR count). The van der Waals surface area contributed by atoms with Crippen LogP contribution in [0.2, 0.25) is 0 Å². The van der Waals surface area contributed by atoms with Crippen LogP contribution >= 0.6 is 0 Å². The van der Waals surface area contributed by atoms with Gasteiger partial charge in [0, 0.05) is 24.7 Å². The van der Waals surface area contributed by atoms with Gasteiger partial charge in [-0.2, -0.15) is 0 Å². The highest BCUT2D eigenvalue weighted by Crippen LogP contribution is 2.28. The summed E-state index contributed by atoms with van der Waals surface area (Å²) in [5.74, 6) is 0. The van der Waals surface area contributed by atoms with Gasteiger partial charge in [0.05, 0.1) is 6.61 Å². The summed E-state index contributed by atoms with van der Waals surface area (Å²) in [6.45, 7) is 7.43. The van der Waals surface area contributed by atoms with Crippen LogP contribution in [0.5, 0.6) is 0 Å². The highest BCUT2D eigenvalue weighted by atomic mass is 16.6. The molecule has 2 aliphatic rings. The van der Waals surface area contributed by atoms with Crippen LogP contribution in [-0.4, -0.2) is 53.0 Å². The molecule has 1 saturated heterocycles. The van der Waals surface area contributed by atoms with Crippen LogP contribution in [0.3, 0.4) is 0 Å². The number of carbonyl (C=O) groups excluding carboxylic acids is 1. The summed E-state index contributed by atoms with van der Waals surface area (Å²) >= 11 is 0. The first-order valence-corrected chi connectivity index (χ1v) is 9.21. The van der Waals surface area contributed by atoms with Crippen LogP contribution in [0.25, 0.3) is 0 Å². The Morgan fingerprint density at radius 2 is 1.91 bits per heavy atom. The molecule has 1 saturated carbocycles. The summed E-state index contributed by atoms with van der Waals surface area (Å²) in [5, 5.41) is 13.4. The second kappa shape index (κ2) is 7.84. The predicted molar refractivity (Wildman–Crippen MR) is 91.5 cm³/mol. The third-order valence-corrected chi connectivity index (χ3v) is 5.08. The quantitative estimate of drug-likeness (QED) is 0.833. The summed E-state index contributed by atoms with van der Waals surface area (Å²) in [6.07, 6.45) is 8.67. The predicted octanol–water partition coefficient (Wildman–Crippen LogP) is 3.06. The van der Waals surface area contributed by atoms with Gasteiger partial charge in [0.15, 0.2) is 0 Å². The number of nitrogens with zero attached hydrogens (tertiary/aromatic N) is 1. The fourth-order valence-electron chi connectivity index (χ4n) is 3.73. The Balaban J connectivity index is 1.94. The van der Waals surface area contributed by atoms with Crippen molar-refractivity contribution in [3.05, 3.63) is 0 Å². The Bertz CT molecular complexity index is 386. The molecule has 2 N–H and O–H groups in total. The van der Waals surface area contributed by atoms with E-state index >= 15 is 0 Å². The minimum absolute atomic E-state index is 0.144. The molecule has 2 fully saturated rings. The Hall–Kier alpha value is -0.810. The van der Waals surface area contributed by atoms with Gasteiger partial charge in [0.25, 0.3) is 0 Å². The summed E-state index contributed by atoms with van der Waals surface area (Å²) < 4.78 is 5.56. The normalized spacial score (nSPS) is 25.2. The van der Waals surface area contributed by atoms with Gasteiger partial charge in [-0.05, 0) is 52.9 Å². The van der Waals surface area contributed by atoms with Crippen molar-refractivity contribution in [2.24, 2.45) is 0 Å². The van der Waals surface area contributed by atoms with E-state index in [9.17, 15) is 9.90 Å². The molecular weight excluding hydrogens is 292 g/mol. The first-order valence-electron chi connectivity index (χ1n) is 9.21. The number of amides is 1. The zero-order valence-electron chi connectivity index (χ0n) is 15.1. The van der Waals surface area contributed by atoms with Gasteiger partial charge in [-0.3, -0.25) is 0 Å². The number of aliphatic hydroxyl groups excluding tert-OH is 1. The average molecular weight is 326 g/mol. The molecule has 0 aromatic rings. The lowest BCUT2D eigenvalue weighted by molar-refractivity contribution is 0.00763. The van der Waals surface area contributed by atoms with Gasteiger partial charge in [-0.1, -0.05) is 19.3 Å². The zero-order chi connectivity index (χ0) is 16.9. The number of hydrogen-bond acceptors (Lipinski definition) is 4. The topological polar surface area (TPSA) is 61.8 Å². The highest BCUT2D eigenvalue weighted by molar-refractivity contribution is 5.68. The van der Waals surface area contributed by atoms with Crippen LogP contribution in [0.1, 0.15) is 72.1 Å². The van der Waals surface area contributed by atoms with Gasteiger partial charge < -0.3 is 20.1 Å². The fourth-order valence-corrected chi connectivity index (χ4v) is 3.73. The minimum atomic E-state index is -0.456. The second-order valence-corrected chi connectivity index (χ2v) is 8.20. The minimum Gasteiger partial charge on any atom is -0.444 e. The third-order valence-electron chi connectivity index (χ3n) is 5.08. The number of piperidine rings is 1. The van der Waals surface area contributed by atoms with Crippen molar-refractivity contribution < 1.29 is 14.6 Å². The molecule has 0 spiro atoms. The van der Waals surface area contributed by atoms with E-state index in [1.165, 1.54) is 19.3 Å². The molecule has 134 valence electrons. The van der Waals surface area contributed by atoms with Crippen molar-refractivity contribution in [3.63, 3.8) is 0 Å². The van der Waals surface area contributed by atoms with Gasteiger partial charge in [-0.15, -0.1) is 0 Å². The van der Waals surface area contributed by atoms with Crippen molar-refractivity contribution >= 4 is 6.09 Å². The van der Waals surface area contributed by atoms with Crippen molar-refractivity contribution in [1.29, 1.82) is 0 Å². The molecule has 1 atom stereocenters. The van der Waals surface area contributed by atoms with Crippen LogP contribution in [0.15, 0.2) is 0 Å². The van der Waals surface area contributed by atoms with Crippen LogP contribution in [-0.2, 0) is 4.74 Å². The molecule has 1 aliphatic carbocycles. The van der Waals surface area contributed by atoms with E-state index in [1.807, 2.05) is 25.7 Å². The largest absolute Gasteiger partial charge is 0.444 e. The lowest BCUT2D eigenvalue weighted by Crippen LogP contribution is -2.56. The molecule has 1 aliphatic heterocycles. The number of carbonyl (C=O) groups is 1. The lowest BCUT2D eigenvalue weighted by Gasteiger charge is -2.41. The second-order valence-electron chi connectivity index (χ2n) is 8.20. The molecule has 5 heteroatoms. The Morgan fingerprint density at radius 1 is 1.22 bits per heavy atom. The van der Waals surface area contributed by atoms with Crippen molar-refractivity contribution in [3.8, 4) is 0 Å². The average Bonchev–Trinajstić information content (AvgIpc) is 2.52. The smallest absolute Gasteiger partial charge is 0.410 e. The molecule has 23 heavy (non-hydrogen) atoms. The molecular formula is C18H34N2O3. The van der Waals surface area contributed by atoms with Gasteiger partial charge >= 0.3 is 6.09 Å². The van der Waals surface area contributed by atoms with E-state index in [0.29, 0.717) is 0 Å². The van der Waals surface area contributed by atoms with Crippen molar-refractivity contribution in [2.45, 2.75) is 89.3 Å². The first kappa shape index (κ1) is 18.5. The number of likely N-dealkylation sites (tertiary alicyclic amines) is 1. The van der Waals surface area contributed by atoms with Gasteiger partial charge in [0.2, 0.25) is 0 Å². The van der Waals surface area contributed by atoms with E-state index in [-0.39, 0.29) is 24.3 Å². The van der Waals surface area contributed by atoms with Crippen molar-refractivity contribution in [2.75, 3.05) is 19.7 Å². The van der Waals surface area contributed by atoms with Gasteiger partial charge in [-0.25, -0.2) is 4.79 Å². The molecule has 1 unspecified atom stereocenters. The summed E-state index contributed by atoms with van der Waals surface area (Å²) in [5.41, 5.74) is -0.600. The molecule has 0 aromatic carbocycles. The third kappa shape index (κ3) is 5.35. The van der Waals surface area contributed by atoms with E-state index in [2.05, 4.69) is 5.32 Å². The summed E-state index contributed by atoms with van der Waals surface area (Å²) in [4.78, 5) is 14.3. The Kier molecular flexibility index (Phi) is 6.32. The van der Waals surface area contributed by atoms with Crippen LogP contribution in [0.4, 0.5) is 4.79 Å². The van der Waals surface area contributed by atoms with E-state index < -0.39 is 5.60 Å². The number of hydrogen-bond donors (Lipinski definition) is 2. The van der Waals surface area contributed by atoms with E-state index in [0.717, 1.165) is 45.2 Å². The standard InChI is InChI=1S/C18H34N2O3/c1-17(2,3)23-16(22)20-12-8-5-9-15(20)13-19-18(14-21)10-6-4-7-11-18/h15,19,21H,4-14H2,1-3H3. The lowest BCUT2D eigenvalue weighted by atomic mass is 9.82. The molecule has 1 amide bonds. The Labute approximate surface area is 140 Å². The van der Waals surface area contributed by atoms with Crippen LogP contribution in [0, 0.1) is 0 Å². The molecule has 0 radical (unpaired) electrons. The Morgan fingerprint density at radius 3 is 2.52 bits per heavy atom. The van der Waals surface area contributed by atoms with Gasteiger partial charge in [0.1, 0.15) is 5.60 Å². The molecule has 5 nitrogen and oxygen atoms in total. The summed E-state index contributed by atoms with van der Waals surface area (Å²) in [6, 6.07) is 0.170. The molecule has 0 aromatic heterocycles. The molecule has 0 bridgehead atoms. The maximum atomic E-state index is 12.5. The fraction of sp³-hybridized carbons (Fsp3) is 0.944.